The number of anilines is 1. The van der Waals surface area contributed by atoms with Crippen LogP contribution in [0.5, 0.6) is 0 Å². The number of fused-ring (bicyclic) bond motifs is 1. The van der Waals surface area contributed by atoms with Crippen molar-refractivity contribution in [1.82, 2.24) is 9.21 Å². The van der Waals surface area contributed by atoms with Gasteiger partial charge in [-0.25, -0.2) is 8.42 Å². The molecule has 2 aromatic rings. The van der Waals surface area contributed by atoms with Crippen LogP contribution in [0.3, 0.4) is 0 Å². The summed E-state index contributed by atoms with van der Waals surface area (Å²) in [6, 6.07) is 10.3. The van der Waals surface area contributed by atoms with Crippen LogP contribution in [-0.2, 0) is 10.0 Å². The van der Waals surface area contributed by atoms with Crippen molar-refractivity contribution in [3.63, 3.8) is 0 Å². The van der Waals surface area contributed by atoms with E-state index in [2.05, 4.69) is 5.32 Å². The average molecular weight is 442 g/mol. The lowest BCUT2D eigenvalue weighted by Crippen LogP contribution is -2.35. The van der Waals surface area contributed by atoms with Crippen LogP contribution in [0.4, 0.5) is 5.69 Å². The Morgan fingerprint density at radius 3 is 2.26 bits per heavy atom. The molecule has 1 fully saturated rings. The minimum atomic E-state index is -3.62. The Kier molecular flexibility index (Phi) is 5.40. The Labute approximate surface area is 180 Å². The Balaban J connectivity index is 1.49. The number of nitrogens with zero attached hydrogens (tertiary/aromatic N) is 2. The van der Waals surface area contributed by atoms with Crippen LogP contribution in [-0.4, -0.2) is 55.5 Å². The lowest BCUT2D eigenvalue weighted by molar-refractivity contribution is 0.0692. The van der Waals surface area contributed by atoms with Gasteiger partial charge in [-0.3, -0.25) is 19.3 Å². The highest BCUT2D eigenvalue weighted by Crippen LogP contribution is 2.28. The molecule has 4 rings (SSSR count). The fraction of sp³-hybridized carbons (Fsp3) is 0.318. The first kappa shape index (κ1) is 21.2. The molecule has 1 aliphatic heterocycles. The molecule has 1 saturated carbocycles. The number of hydrogen-bond acceptors (Lipinski definition) is 5. The smallest absolute Gasteiger partial charge is 0.261 e. The maximum absolute atomic E-state index is 12.8. The van der Waals surface area contributed by atoms with Gasteiger partial charge < -0.3 is 5.32 Å². The molecule has 9 heteroatoms. The zero-order valence-corrected chi connectivity index (χ0v) is 18.1. The number of sulfonamides is 1. The molecule has 31 heavy (non-hydrogen) atoms. The van der Waals surface area contributed by atoms with E-state index in [1.165, 1.54) is 47.8 Å². The van der Waals surface area contributed by atoms with Crippen LogP contribution >= 0.6 is 0 Å². The van der Waals surface area contributed by atoms with Crippen molar-refractivity contribution < 1.29 is 22.8 Å². The lowest BCUT2D eigenvalue weighted by Gasteiger charge is -2.23. The molecule has 8 nitrogen and oxygen atoms in total. The van der Waals surface area contributed by atoms with Gasteiger partial charge in [-0.2, -0.15) is 4.31 Å². The van der Waals surface area contributed by atoms with Gasteiger partial charge in [0.1, 0.15) is 0 Å². The molecule has 0 radical (unpaired) electrons. The highest BCUT2D eigenvalue weighted by atomic mass is 32.2. The van der Waals surface area contributed by atoms with Crippen molar-refractivity contribution in [2.24, 2.45) is 0 Å². The van der Waals surface area contributed by atoms with Gasteiger partial charge >= 0.3 is 0 Å². The van der Waals surface area contributed by atoms with Gasteiger partial charge in [-0.15, -0.1) is 0 Å². The molecule has 0 spiro atoms. The van der Waals surface area contributed by atoms with Crippen molar-refractivity contribution in [2.45, 2.75) is 36.6 Å². The Bertz CT molecular complexity index is 1170. The molecule has 3 amide bonds. The number of carbonyl (C=O) groups excluding carboxylic acids is 3. The summed E-state index contributed by atoms with van der Waals surface area (Å²) in [6.07, 6.45) is 3.78. The van der Waals surface area contributed by atoms with E-state index in [1.807, 2.05) is 0 Å². The van der Waals surface area contributed by atoms with E-state index in [1.54, 1.807) is 13.1 Å². The number of hydrogen-bond donors (Lipinski definition) is 1. The number of nitrogens with one attached hydrogen (secondary N) is 1. The van der Waals surface area contributed by atoms with Crippen molar-refractivity contribution in [2.75, 3.05) is 19.4 Å². The summed E-state index contributed by atoms with van der Waals surface area (Å²) >= 11 is 0. The zero-order chi connectivity index (χ0) is 22.3. The molecule has 1 heterocycles. The molecule has 0 unspecified atom stereocenters. The van der Waals surface area contributed by atoms with E-state index in [0.717, 1.165) is 30.6 Å². The molecule has 2 aromatic carbocycles. The third-order valence-corrected chi connectivity index (χ3v) is 7.90. The largest absolute Gasteiger partial charge is 0.322 e. The number of benzene rings is 2. The van der Waals surface area contributed by atoms with Crippen LogP contribution in [0.15, 0.2) is 47.4 Å². The maximum atomic E-state index is 12.8. The maximum Gasteiger partial charge on any atom is 0.261 e. The van der Waals surface area contributed by atoms with E-state index in [0.29, 0.717) is 11.3 Å². The summed E-state index contributed by atoms with van der Waals surface area (Å²) in [5, 5.41) is 2.68. The molecule has 0 saturated heterocycles. The normalized spacial score (nSPS) is 16.8. The monoisotopic (exact) mass is 441 g/mol. The van der Waals surface area contributed by atoms with Gasteiger partial charge in [0.15, 0.2) is 0 Å². The molecule has 162 valence electrons. The molecule has 1 aliphatic carbocycles. The predicted molar refractivity (Wildman–Crippen MR) is 114 cm³/mol. The van der Waals surface area contributed by atoms with Crippen LogP contribution in [0.1, 0.15) is 56.8 Å². The van der Waals surface area contributed by atoms with E-state index in [-0.39, 0.29) is 28.0 Å². The third kappa shape index (κ3) is 3.75. The number of rotatable bonds is 5. The summed E-state index contributed by atoms with van der Waals surface area (Å²) in [4.78, 5) is 37.9. The number of imide groups is 1. The van der Waals surface area contributed by atoms with Gasteiger partial charge in [-0.1, -0.05) is 12.8 Å². The highest BCUT2D eigenvalue weighted by molar-refractivity contribution is 7.89. The first-order chi connectivity index (χ1) is 14.7. The fourth-order valence-electron chi connectivity index (χ4n) is 4.05. The molecule has 0 bridgehead atoms. The molecular weight excluding hydrogens is 418 g/mol. The van der Waals surface area contributed by atoms with E-state index in [9.17, 15) is 22.8 Å². The third-order valence-electron chi connectivity index (χ3n) is 5.98. The van der Waals surface area contributed by atoms with Crippen LogP contribution in [0, 0.1) is 0 Å². The highest BCUT2D eigenvalue weighted by Gasteiger charge is 2.33. The minimum absolute atomic E-state index is 0.0152. The van der Waals surface area contributed by atoms with Gasteiger partial charge in [0.05, 0.1) is 16.0 Å². The summed E-state index contributed by atoms with van der Waals surface area (Å²) in [5.41, 5.74) is 1.19. The zero-order valence-electron chi connectivity index (χ0n) is 17.3. The molecule has 0 aromatic heterocycles. The second-order valence-corrected chi connectivity index (χ2v) is 9.87. The fourth-order valence-corrected chi connectivity index (χ4v) is 5.47. The second-order valence-electron chi connectivity index (χ2n) is 7.87. The van der Waals surface area contributed by atoms with Gasteiger partial charge in [0.25, 0.3) is 17.7 Å². The SMILES string of the molecule is CN1C(=O)c2ccc(NC(=O)c3ccc(S(=O)(=O)N(C)C4CCCC4)cc3)cc2C1=O. The summed E-state index contributed by atoms with van der Waals surface area (Å²) in [5.74, 6) is -1.24. The average Bonchev–Trinajstić information content (AvgIpc) is 3.37. The molecule has 1 N–H and O–H groups in total. The summed E-state index contributed by atoms with van der Waals surface area (Å²) < 4.78 is 27.1. The quantitative estimate of drug-likeness (QED) is 0.719. The van der Waals surface area contributed by atoms with Crippen molar-refractivity contribution in [3.8, 4) is 0 Å². The Morgan fingerprint density at radius 2 is 1.61 bits per heavy atom. The van der Waals surface area contributed by atoms with Crippen LogP contribution in [0.25, 0.3) is 0 Å². The van der Waals surface area contributed by atoms with Gasteiger partial charge in [0, 0.05) is 31.4 Å². The number of amides is 3. The van der Waals surface area contributed by atoms with Gasteiger partial charge in [0.2, 0.25) is 10.0 Å². The van der Waals surface area contributed by atoms with Gasteiger partial charge in [-0.05, 0) is 55.3 Å². The predicted octanol–water partition coefficient (Wildman–Crippen LogP) is 2.73. The Morgan fingerprint density at radius 1 is 1.00 bits per heavy atom. The van der Waals surface area contributed by atoms with Crippen LogP contribution in [0.2, 0.25) is 0 Å². The number of carbonyl (C=O) groups is 3. The van der Waals surface area contributed by atoms with Crippen LogP contribution < -0.4 is 5.32 Å². The molecular formula is C22H23N3O5S. The lowest BCUT2D eigenvalue weighted by atomic mass is 10.1. The summed E-state index contributed by atoms with van der Waals surface area (Å²) in [7, 11) is -0.614. The van der Waals surface area contributed by atoms with E-state index in [4.69, 9.17) is 0 Å². The first-order valence-electron chi connectivity index (χ1n) is 10.1. The summed E-state index contributed by atoms with van der Waals surface area (Å²) in [6.45, 7) is 0. The minimum Gasteiger partial charge on any atom is -0.322 e. The first-order valence-corrected chi connectivity index (χ1v) is 11.5. The van der Waals surface area contributed by atoms with Crippen molar-refractivity contribution in [1.29, 1.82) is 0 Å². The molecule has 2 aliphatic rings. The topological polar surface area (TPSA) is 104 Å². The Hall–Kier alpha value is -3.04. The van der Waals surface area contributed by atoms with E-state index < -0.39 is 21.8 Å². The van der Waals surface area contributed by atoms with Crippen molar-refractivity contribution >= 4 is 33.4 Å². The standard InChI is InChI=1S/C22H23N3O5S/c1-24-21(27)18-12-9-15(13-19(18)22(24)28)23-20(26)14-7-10-17(11-8-14)31(29,30)25(2)16-5-3-4-6-16/h7-13,16H,3-6H2,1-2H3,(H,23,26). The second kappa shape index (κ2) is 7.90. The van der Waals surface area contributed by atoms with Crippen molar-refractivity contribution in [3.05, 3.63) is 59.2 Å². The molecule has 0 atom stereocenters. The van der Waals surface area contributed by atoms with E-state index >= 15 is 0 Å².